The van der Waals surface area contributed by atoms with Crippen LogP contribution in [0.5, 0.6) is 5.75 Å². The molecule has 2 aromatic carbocycles. The molecule has 0 saturated heterocycles. The van der Waals surface area contributed by atoms with Gasteiger partial charge in [0.15, 0.2) is 0 Å². The van der Waals surface area contributed by atoms with E-state index >= 15 is 0 Å². The van der Waals surface area contributed by atoms with E-state index in [9.17, 15) is 0 Å². The summed E-state index contributed by atoms with van der Waals surface area (Å²) in [5, 5.41) is 0.724. The van der Waals surface area contributed by atoms with Crippen LogP contribution in [0, 0.1) is 0 Å². The van der Waals surface area contributed by atoms with Gasteiger partial charge in [-0.2, -0.15) is 0 Å². The number of halogens is 1. The van der Waals surface area contributed by atoms with Crippen molar-refractivity contribution in [2.45, 2.75) is 11.3 Å². The van der Waals surface area contributed by atoms with E-state index in [1.54, 1.807) is 11.8 Å². The number of hydrogen-bond donors (Lipinski definition) is 1. The van der Waals surface area contributed by atoms with Crippen LogP contribution in [0.25, 0.3) is 0 Å². The molecule has 0 atom stereocenters. The fourth-order valence-corrected chi connectivity index (χ4v) is 2.59. The zero-order chi connectivity index (χ0) is 13.5. The fourth-order valence-electron chi connectivity index (χ4n) is 1.57. The maximum atomic E-state index is 5.88. The van der Waals surface area contributed by atoms with Crippen LogP contribution >= 0.6 is 23.4 Å². The predicted octanol–water partition coefficient (Wildman–Crippen LogP) is 4.48. The molecule has 0 aromatic heterocycles. The lowest BCUT2D eigenvalue weighted by molar-refractivity contribution is 0.319. The van der Waals surface area contributed by atoms with E-state index in [4.69, 9.17) is 22.1 Å². The average molecular weight is 294 g/mol. The van der Waals surface area contributed by atoms with Crippen molar-refractivity contribution in [3.63, 3.8) is 0 Å². The molecule has 0 spiro atoms. The SMILES string of the molecule is Nc1ccccc1SCCCOc1ccc(Cl)cc1. The highest BCUT2D eigenvalue weighted by molar-refractivity contribution is 7.99. The molecule has 0 radical (unpaired) electrons. The Bertz CT molecular complexity index is 516. The summed E-state index contributed by atoms with van der Waals surface area (Å²) in [5.74, 6) is 1.84. The number of anilines is 1. The summed E-state index contributed by atoms with van der Waals surface area (Å²) in [7, 11) is 0. The van der Waals surface area contributed by atoms with Gasteiger partial charge in [-0.05, 0) is 42.8 Å². The number of nitrogen functional groups attached to an aromatic ring is 1. The van der Waals surface area contributed by atoms with Gasteiger partial charge in [0.1, 0.15) is 5.75 Å². The Morgan fingerprint density at radius 1 is 1.05 bits per heavy atom. The first-order valence-electron chi connectivity index (χ1n) is 6.11. The van der Waals surface area contributed by atoms with E-state index in [-0.39, 0.29) is 0 Å². The third-order valence-electron chi connectivity index (χ3n) is 2.55. The van der Waals surface area contributed by atoms with Crippen LogP contribution in [0.15, 0.2) is 53.4 Å². The van der Waals surface area contributed by atoms with Crippen molar-refractivity contribution in [2.24, 2.45) is 0 Å². The first kappa shape index (κ1) is 14.1. The summed E-state index contributed by atoms with van der Waals surface area (Å²) >= 11 is 7.57. The van der Waals surface area contributed by atoms with Gasteiger partial charge < -0.3 is 10.5 Å². The number of ether oxygens (including phenoxy) is 1. The zero-order valence-electron chi connectivity index (χ0n) is 10.5. The van der Waals surface area contributed by atoms with Crippen LogP contribution in [0.1, 0.15) is 6.42 Å². The van der Waals surface area contributed by atoms with Gasteiger partial charge in [0, 0.05) is 21.4 Å². The van der Waals surface area contributed by atoms with Crippen molar-refractivity contribution in [2.75, 3.05) is 18.1 Å². The molecular weight excluding hydrogens is 278 g/mol. The molecule has 4 heteroatoms. The molecule has 0 aliphatic carbocycles. The Morgan fingerprint density at radius 3 is 2.53 bits per heavy atom. The van der Waals surface area contributed by atoms with Crippen LogP contribution in [-0.4, -0.2) is 12.4 Å². The van der Waals surface area contributed by atoms with Crippen LogP contribution in [0.4, 0.5) is 5.69 Å². The van der Waals surface area contributed by atoms with E-state index in [1.807, 2.05) is 48.5 Å². The first-order chi connectivity index (χ1) is 9.25. The highest BCUT2D eigenvalue weighted by Gasteiger charge is 1.99. The highest BCUT2D eigenvalue weighted by Crippen LogP contribution is 2.24. The normalized spacial score (nSPS) is 10.4. The number of benzene rings is 2. The Labute approximate surface area is 122 Å². The number of rotatable bonds is 6. The van der Waals surface area contributed by atoms with Gasteiger partial charge in [-0.25, -0.2) is 0 Å². The molecule has 0 bridgehead atoms. The van der Waals surface area contributed by atoms with Crippen molar-refractivity contribution in [1.29, 1.82) is 0 Å². The largest absolute Gasteiger partial charge is 0.494 e. The molecule has 0 saturated carbocycles. The van der Waals surface area contributed by atoms with Crippen LogP contribution < -0.4 is 10.5 Å². The summed E-state index contributed by atoms with van der Waals surface area (Å²) in [6.45, 7) is 0.696. The van der Waals surface area contributed by atoms with Gasteiger partial charge in [-0.3, -0.25) is 0 Å². The second-order valence-corrected chi connectivity index (χ2v) is 5.62. The number of thioether (sulfide) groups is 1. The molecule has 19 heavy (non-hydrogen) atoms. The summed E-state index contributed by atoms with van der Waals surface area (Å²) < 4.78 is 5.63. The third kappa shape index (κ3) is 4.69. The Balaban J connectivity index is 1.67. The monoisotopic (exact) mass is 293 g/mol. The fraction of sp³-hybridized carbons (Fsp3) is 0.200. The van der Waals surface area contributed by atoms with Crippen LogP contribution in [0.2, 0.25) is 5.02 Å². The molecule has 2 nitrogen and oxygen atoms in total. The molecular formula is C15H16ClNOS. The summed E-state index contributed by atoms with van der Waals surface area (Å²) in [6.07, 6.45) is 0.974. The molecule has 2 rings (SSSR count). The van der Waals surface area contributed by atoms with Gasteiger partial charge in [0.05, 0.1) is 6.61 Å². The quantitative estimate of drug-likeness (QED) is 0.484. The van der Waals surface area contributed by atoms with Crippen molar-refractivity contribution in [1.82, 2.24) is 0 Å². The van der Waals surface area contributed by atoms with Gasteiger partial charge >= 0.3 is 0 Å². The molecule has 2 N–H and O–H groups in total. The molecule has 0 aliphatic rings. The lowest BCUT2D eigenvalue weighted by Crippen LogP contribution is -1.98. The van der Waals surface area contributed by atoms with E-state index < -0.39 is 0 Å². The predicted molar refractivity (Wildman–Crippen MR) is 83.1 cm³/mol. The van der Waals surface area contributed by atoms with Gasteiger partial charge in [-0.15, -0.1) is 11.8 Å². The molecule has 2 aromatic rings. The Hall–Kier alpha value is -1.32. The van der Waals surface area contributed by atoms with Gasteiger partial charge in [0.2, 0.25) is 0 Å². The average Bonchev–Trinajstić information content (AvgIpc) is 2.42. The number of nitrogens with two attached hydrogens (primary N) is 1. The highest BCUT2D eigenvalue weighted by atomic mass is 35.5. The van der Waals surface area contributed by atoms with E-state index in [2.05, 4.69) is 0 Å². The number of hydrogen-bond acceptors (Lipinski definition) is 3. The third-order valence-corrected chi connectivity index (χ3v) is 3.98. The van der Waals surface area contributed by atoms with Crippen LogP contribution in [-0.2, 0) is 0 Å². The van der Waals surface area contributed by atoms with Gasteiger partial charge in [-0.1, -0.05) is 23.7 Å². The topological polar surface area (TPSA) is 35.2 Å². The lowest BCUT2D eigenvalue weighted by atomic mass is 10.3. The van der Waals surface area contributed by atoms with Crippen molar-refractivity contribution in [3.05, 3.63) is 53.6 Å². The van der Waals surface area contributed by atoms with Crippen LogP contribution in [0.3, 0.4) is 0 Å². The summed E-state index contributed by atoms with van der Waals surface area (Å²) in [6, 6.07) is 15.3. The Morgan fingerprint density at radius 2 is 1.79 bits per heavy atom. The van der Waals surface area contributed by atoms with Crippen molar-refractivity contribution < 1.29 is 4.74 Å². The maximum absolute atomic E-state index is 5.88. The molecule has 0 fully saturated rings. The second kappa shape index (κ2) is 7.31. The minimum atomic E-state index is 0.696. The van der Waals surface area contributed by atoms with E-state index in [0.29, 0.717) is 6.61 Å². The minimum absolute atomic E-state index is 0.696. The van der Waals surface area contributed by atoms with E-state index in [1.165, 1.54) is 0 Å². The Kier molecular flexibility index (Phi) is 5.43. The van der Waals surface area contributed by atoms with E-state index in [0.717, 1.165) is 33.5 Å². The standard InChI is InChI=1S/C15H16ClNOS/c16-12-6-8-13(9-7-12)18-10-3-11-19-15-5-2-1-4-14(15)17/h1-2,4-9H,3,10-11,17H2. The zero-order valence-corrected chi connectivity index (χ0v) is 12.1. The smallest absolute Gasteiger partial charge is 0.119 e. The second-order valence-electron chi connectivity index (χ2n) is 4.04. The van der Waals surface area contributed by atoms with Gasteiger partial charge in [0.25, 0.3) is 0 Å². The molecule has 0 unspecified atom stereocenters. The van der Waals surface area contributed by atoms with Crippen molar-refractivity contribution in [3.8, 4) is 5.75 Å². The molecule has 0 amide bonds. The maximum Gasteiger partial charge on any atom is 0.119 e. The molecule has 0 heterocycles. The first-order valence-corrected chi connectivity index (χ1v) is 7.48. The molecule has 100 valence electrons. The summed E-state index contributed by atoms with van der Waals surface area (Å²) in [4.78, 5) is 1.13. The summed E-state index contributed by atoms with van der Waals surface area (Å²) in [5.41, 5.74) is 6.71. The lowest BCUT2D eigenvalue weighted by Gasteiger charge is -2.07. The molecule has 0 aliphatic heterocycles. The number of para-hydroxylation sites is 1. The minimum Gasteiger partial charge on any atom is -0.494 e. The van der Waals surface area contributed by atoms with Crippen molar-refractivity contribution >= 4 is 29.1 Å².